The van der Waals surface area contributed by atoms with Gasteiger partial charge in [-0.15, -0.1) is 0 Å². The van der Waals surface area contributed by atoms with Crippen LogP contribution in [0.4, 0.5) is 0 Å². The number of rotatable bonds is 1. The summed E-state index contributed by atoms with van der Waals surface area (Å²) in [7, 11) is 0. The van der Waals surface area contributed by atoms with Crippen molar-refractivity contribution in [3.63, 3.8) is 0 Å². The van der Waals surface area contributed by atoms with Gasteiger partial charge in [0.05, 0.1) is 5.92 Å². The molecule has 0 radical (unpaired) electrons. The number of benzene rings is 1. The molecular weight excluding hydrogens is 176 g/mol. The molecule has 0 heterocycles. The smallest absolute Gasteiger partial charge is 0.162 e. The summed E-state index contributed by atoms with van der Waals surface area (Å²) in [6.07, 6.45) is 5.21. The lowest BCUT2D eigenvalue weighted by Gasteiger charge is -2.17. The predicted octanol–water partition coefficient (Wildman–Crippen LogP) is 2.39. The minimum Gasteiger partial charge on any atom is -0.508 e. The highest BCUT2D eigenvalue weighted by Crippen LogP contribution is 2.31. The maximum atomic E-state index is 11.5. The number of para-hydroxylation sites is 1. The molecule has 0 saturated heterocycles. The van der Waals surface area contributed by atoms with Crippen molar-refractivity contribution in [1.29, 1.82) is 0 Å². The topological polar surface area (TPSA) is 37.3 Å². The molecule has 0 fully saturated rings. The van der Waals surface area contributed by atoms with E-state index in [4.69, 9.17) is 0 Å². The molecule has 72 valence electrons. The number of phenolic OH excluding ortho intramolecular Hbond substituents is 1. The van der Waals surface area contributed by atoms with Crippen molar-refractivity contribution in [1.82, 2.24) is 0 Å². The Labute approximate surface area is 82.9 Å². The van der Waals surface area contributed by atoms with Crippen molar-refractivity contribution < 1.29 is 9.90 Å². The average molecular weight is 188 g/mol. The number of aromatic hydroxyl groups is 1. The van der Waals surface area contributed by atoms with Gasteiger partial charge in [-0.1, -0.05) is 24.3 Å². The second kappa shape index (κ2) is 3.66. The zero-order valence-electron chi connectivity index (χ0n) is 7.81. The van der Waals surface area contributed by atoms with Gasteiger partial charge in [-0.2, -0.15) is 0 Å². The molecule has 1 N–H and O–H groups in total. The van der Waals surface area contributed by atoms with E-state index in [1.165, 1.54) is 0 Å². The first-order valence-electron chi connectivity index (χ1n) is 4.77. The number of hydrogen-bond acceptors (Lipinski definition) is 2. The van der Waals surface area contributed by atoms with Crippen molar-refractivity contribution in [2.75, 3.05) is 0 Å². The Morgan fingerprint density at radius 3 is 2.79 bits per heavy atom. The largest absolute Gasteiger partial charge is 0.508 e. The van der Waals surface area contributed by atoms with E-state index in [0.29, 0.717) is 0 Å². The average Bonchev–Trinajstić information content (AvgIpc) is 2.20. The lowest BCUT2D eigenvalue weighted by atomic mass is 9.86. The molecule has 1 atom stereocenters. The monoisotopic (exact) mass is 188 g/mol. The van der Waals surface area contributed by atoms with E-state index in [-0.39, 0.29) is 17.5 Å². The van der Waals surface area contributed by atoms with E-state index < -0.39 is 0 Å². The molecule has 1 unspecified atom stereocenters. The summed E-state index contributed by atoms with van der Waals surface area (Å²) in [5.41, 5.74) is 0.752. The Balaban J connectivity index is 2.35. The van der Waals surface area contributed by atoms with Gasteiger partial charge in [0, 0.05) is 5.56 Å². The Kier molecular flexibility index (Phi) is 2.35. The minimum absolute atomic E-state index is 0.0951. The highest BCUT2D eigenvalue weighted by Gasteiger charge is 2.22. The molecule has 2 rings (SSSR count). The first-order chi connectivity index (χ1) is 6.79. The van der Waals surface area contributed by atoms with Crippen LogP contribution in [-0.2, 0) is 4.79 Å². The molecule has 0 amide bonds. The van der Waals surface area contributed by atoms with Gasteiger partial charge in [-0.3, -0.25) is 4.79 Å². The lowest BCUT2D eigenvalue weighted by molar-refractivity contribution is -0.116. The van der Waals surface area contributed by atoms with Crippen LogP contribution in [0.2, 0.25) is 0 Å². The molecule has 1 aliphatic rings. The zero-order valence-corrected chi connectivity index (χ0v) is 7.81. The van der Waals surface area contributed by atoms with Crippen LogP contribution in [-0.4, -0.2) is 10.9 Å². The molecule has 0 aromatic heterocycles. The quantitative estimate of drug-likeness (QED) is 0.734. The number of carbonyl (C=O) groups excluding carboxylic acids is 1. The van der Waals surface area contributed by atoms with E-state index in [2.05, 4.69) is 0 Å². The van der Waals surface area contributed by atoms with E-state index >= 15 is 0 Å². The van der Waals surface area contributed by atoms with Crippen LogP contribution < -0.4 is 0 Å². The van der Waals surface area contributed by atoms with Crippen LogP contribution in [0.15, 0.2) is 36.4 Å². The summed E-state index contributed by atoms with van der Waals surface area (Å²) < 4.78 is 0. The Hall–Kier alpha value is -1.57. The first kappa shape index (κ1) is 9.00. The highest BCUT2D eigenvalue weighted by atomic mass is 16.3. The molecule has 2 heteroatoms. The molecule has 0 saturated carbocycles. The summed E-state index contributed by atoms with van der Waals surface area (Å²) in [5.74, 6) is 0.167. The van der Waals surface area contributed by atoms with Gasteiger partial charge in [0.1, 0.15) is 5.75 Å². The summed E-state index contributed by atoms with van der Waals surface area (Å²) >= 11 is 0. The van der Waals surface area contributed by atoms with Gasteiger partial charge >= 0.3 is 0 Å². The number of ketones is 1. The second-order valence-corrected chi connectivity index (χ2v) is 3.49. The molecule has 1 aliphatic carbocycles. The number of carbonyl (C=O) groups is 1. The van der Waals surface area contributed by atoms with Crippen LogP contribution in [0.5, 0.6) is 5.75 Å². The van der Waals surface area contributed by atoms with E-state index in [0.717, 1.165) is 18.4 Å². The van der Waals surface area contributed by atoms with Gasteiger partial charge < -0.3 is 5.11 Å². The first-order valence-corrected chi connectivity index (χ1v) is 4.77. The molecule has 0 bridgehead atoms. The Morgan fingerprint density at radius 2 is 2.07 bits per heavy atom. The van der Waals surface area contributed by atoms with Crippen molar-refractivity contribution in [2.24, 2.45) is 0 Å². The standard InChI is InChI=1S/C12H12O2/c13-11-7-3-1-5-9(11)10-6-2-4-8-12(10)14/h1,3-5,7-8,10,13H,2,6H2. The predicted molar refractivity (Wildman–Crippen MR) is 54.2 cm³/mol. The molecule has 1 aromatic carbocycles. The third-order valence-electron chi connectivity index (χ3n) is 2.56. The van der Waals surface area contributed by atoms with Gasteiger partial charge in [0.25, 0.3) is 0 Å². The van der Waals surface area contributed by atoms with Crippen LogP contribution in [0, 0.1) is 0 Å². The molecular formula is C12H12O2. The molecule has 0 aliphatic heterocycles. The maximum Gasteiger partial charge on any atom is 0.162 e. The molecule has 0 spiro atoms. The van der Waals surface area contributed by atoms with Gasteiger partial charge in [-0.05, 0) is 25.0 Å². The van der Waals surface area contributed by atoms with Crippen LogP contribution in [0.1, 0.15) is 24.3 Å². The molecule has 2 nitrogen and oxygen atoms in total. The number of allylic oxidation sites excluding steroid dienone is 2. The summed E-state index contributed by atoms with van der Waals surface area (Å²) in [5, 5.41) is 9.60. The fourth-order valence-electron chi connectivity index (χ4n) is 1.81. The Bertz CT molecular complexity index is 380. The Morgan fingerprint density at radius 1 is 1.29 bits per heavy atom. The van der Waals surface area contributed by atoms with Crippen LogP contribution in [0.3, 0.4) is 0 Å². The molecule has 1 aromatic rings. The normalized spacial score (nSPS) is 21.1. The maximum absolute atomic E-state index is 11.5. The van der Waals surface area contributed by atoms with Crippen molar-refractivity contribution in [3.8, 4) is 5.75 Å². The van der Waals surface area contributed by atoms with E-state index in [9.17, 15) is 9.90 Å². The van der Waals surface area contributed by atoms with Crippen molar-refractivity contribution >= 4 is 5.78 Å². The fraction of sp³-hybridized carbons (Fsp3) is 0.250. The second-order valence-electron chi connectivity index (χ2n) is 3.49. The summed E-state index contributed by atoms with van der Waals surface area (Å²) in [6.45, 7) is 0. The number of phenols is 1. The number of hydrogen-bond donors (Lipinski definition) is 1. The van der Waals surface area contributed by atoms with Crippen molar-refractivity contribution in [3.05, 3.63) is 42.0 Å². The highest BCUT2D eigenvalue weighted by molar-refractivity contribution is 5.96. The van der Waals surface area contributed by atoms with Crippen LogP contribution in [0.25, 0.3) is 0 Å². The van der Waals surface area contributed by atoms with E-state index in [1.807, 2.05) is 18.2 Å². The van der Waals surface area contributed by atoms with Gasteiger partial charge in [-0.25, -0.2) is 0 Å². The molecule has 14 heavy (non-hydrogen) atoms. The zero-order chi connectivity index (χ0) is 9.97. The van der Waals surface area contributed by atoms with Crippen molar-refractivity contribution in [2.45, 2.75) is 18.8 Å². The van der Waals surface area contributed by atoms with Gasteiger partial charge in [0.2, 0.25) is 0 Å². The van der Waals surface area contributed by atoms with Crippen LogP contribution >= 0.6 is 0 Å². The van der Waals surface area contributed by atoms with E-state index in [1.54, 1.807) is 18.2 Å². The third kappa shape index (κ3) is 1.55. The fourth-order valence-corrected chi connectivity index (χ4v) is 1.81. The summed E-state index contributed by atoms with van der Waals surface area (Å²) in [4.78, 5) is 11.5. The minimum atomic E-state index is -0.152. The lowest BCUT2D eigenvalue weighted by Crippen LogP contribution is -2.13. The third-order valence-corrected chi connectivity index (χ3v) is 2.56. The van der Waals surface area contributed by atoms with Gasteiger partial charge in [0.15, 0.2) is 5.78 Å². The SMILES string of the molecule is O=C1C=CCCC1c1ccccc1O. The summed E-state index contributed by atoms with van der Waals surface area (Å²) in [6, 6.07) is 7.06.